The summed E-state index contributed by atoms with van der Waals surface area (Å²) in [6, 6.07) is 1.79. The highest BCUT2D eigenvalue weighted by molar-refractivity contribution is 5.68. The Bertz CT molecular complexity index is 299. The van der Waals surface area contributed by atoms with Crippen LogP contribution in [0.5, 0.6) is 0 Å². The molecule has 0 heterocycles. The molecule has 0 unspecified atom stereocenters. The molecule has 0 fully saturated rings. The van der Waals surface area contributed by atoms with Crippen LogP contribution >= 0.6 is 0 Å². The summed E-state index contributed by atoms with van der Waals surface area (Å²) < 4.78 is 36.7. The van der Waals surface area contributed by atoms with Crippen molar-refractivity contribution in [1.29, 1.82) is 0 Å². The number of benzene rings is 1. The largest absolute Gasteiger partial charge is 0.397 e. The monoisotopic (exact) mass is 176 g/mol. The number of nitrogen functional groups attached to an aromatic ring is 2. The van der Waals surface area contributed by atoms with Gasteiger partial charge in [0, 0.05) is 5.56 Å². The van der Waals surface area contributed by atoms with E-state index in [1.807, 2.05) is 0 Å². The zero-order valence-electron chi connectivity index (χ0n) is 6.02. The third-order valence-corrected chi connectivity index (χ3v) is 1.50. The molecule has 0 saturated carbocycles. The molecule has 66 valence electrons. The lowest BCUT2D eigenvalue weighted by Gasteiger charge is -2.07. The summed E-state index contributed by atoms with van der Waals surface area (Å²) in [5, 5.41) is 0. The Morgan fingerprint density at radius 2 is 1.67 bits per heavy atom. The second kappa shape index (κ2) is 2.92. The first kappa shape index (κ1) is 8.70. The summed E-state index contributed by atoms with van der Waals surface area (Å²) in [4.78, 5) is 0. The van der Waals surface area contributed by atoms with Crippen LogP contribution in [-0.2, 0) is 0 Å². The lowest BCUT2D eigenvalue weighted by molar-refractivity contribution is 0.152. The van der Waals surface area contributed by atoms with Crippen LogP contribution in [0, 0.1) is 5.82 Å². The Morgan fingerprint density at radius 3 is 2.17 bits per heavy atom. The van der Waals surface area contributed by atoms with Gasteiger partial charge < -0.3 is 11.5 Å². The van der Waals surface area contributed by atoms with E-state index in [0.29, 0.717) is 0 Å². The highest BCUT2D eigenvalue weighted by Gasteiger charge is 2.14. The second-order valence-corrected chi connectivity index (χ2v) is 2.26. The highest BCUT2D eigenvalue weighted by Crippen LogP contribution is 2.30. The maximum atomic E-state index is 12.6. The average Bonchev–Trinajstić information content (AvgIpc) is 2.00. The lowest BCUT2D eigenvalue weighted by atomic mass is 10.1. The van der Waals surface area contributed by atoms with Crippen molar-refractivity contribution in [3.05, 3.63) is 23.5 Å². The van der Waals surface area contributed by atoms with Gasteiger partial charge in [0.1, 0.15) is 5.82 Å². The molecule has 1 aromatic carbocycles. The van der Waals surface area contributed by atoms with Crippen molar-refractivity contribution >= 4 is 11.4 Å². The van der Waals surface area contributed by atoms with Crippen LogP contribution in [0.4, 0.5) is 24.5 Å². The molecule has 12 heavy (non-hydrogen) atoms. The molecule has 0 spiro atoms. The lowest BCUT2D eigenvalue weighted by Crippen LogP contribution is -2.02. The number of anilines is 2. The molecule has 0 saturated heterocycles. The molecule has 1 aromatic rings. The van der Waals surface area contributed by atoms with Gasteiger partial charge in [0.05, 0.1) is 11.4 Å². The Balaban J connectivity index is 3.27. The molecule has 0 bridgehead atoms. The van der Waals surface area contributed by atoms with Gasteiger partial charge in [0.15, 0.2) is 0 Å². The number of hydrogen-bond acceptors (Lipinski definition) is 2. The first-order valence-electron chi connectivity index (χ1n) is 3.15. The number of alkyl halides is 2. The van der Waals surface area contributed by atoms with Gasteiger partial charge in [-0.05, 0) is 12.1 Å². The zero-order chi connectivity index (χ0) is 9.30. The predicted molar refractivity (Wildman–Crippen MR) is 40.2 cm³/mol. The Kier molecular flexibility index (Phi) is 2.12. The molecule has 2 nitrogen and oxygen atoms in total. The van der Waals surface area contributed by atoms with Gasteiger partial charge in [-0.15, -0.1) is 0 Å². The van der Waals surface area contributed by atoms with E-state index in [1.54, 1.807) is 0 Å². The molecule has 0 aliphatic rings. The van der Waals surface area contributed by atoms with Crippen molar-refractivity contribution in [1.82, 2.24) is 0 Å². The number of halogens is 3. The summed E-state index contributed by atoms with van der Waals surface area (Å²) in [5.74, 6) is -0.781. The number of hydrogen-bond donors (Lipinski definition) is 2. The highest BCUT2D eigenvalue weighted by atomic mass is 19.3. The van der Waals surface area contributed by atoms with E-state index in [2.05, 4.69) is 0 Å². The quantitative estimate of drug-likeness (QED) is 0.642. The van der Waals surface area contributed by atoms with Gasteiger partial charge in [-0.25, -0.2) is 13.2 Å². The molecule has 5 heteroatoms. The molecule has 1 rings (SSSR count). The topological polar surface area (TPSA) is 52.0 Å². The van der Waals surface area contributed by atoms with Crippen molar-refractivity contribution in [2.75, 3.05) is 11.5 Å². The maximum absolute atomic E-state index is 12.6. The molecule has 0 radical (unpaired) electrons. The third kappa shape index (κ3) is 1.30. The van der Waals surface area contributed by atoms with Crippen LogP contribution in [-0.4, -0.2) is 0 Å². The van der Waals surface area contributed by atoms with Gasteiger partial charge in [-0.3, -0.25) is 0 Å². The first-order valence-corrected chi connectivity index (χ1v) is 3.15. The number of rotatable bonds is 1. The molecule has 4 N–H and O–H groups in total. The fourth-order valence-corrected chi connectivity index (χ4v) is 0.817. The Labute approximate surface area is 67.0 Å². The summed E-state index contributed by atoms with van der Waals surface area (Å²) in [6.07, 6.45) is -2.73. The van der Waals surface area contributed by atoms with E-state index in [0.717, 1.165) is 12.1 Å². The summed E-state index contributed by atoms with van der Waals surface area (Å²) in [5.41, 5.74) is 8.98. The van der Waals surface area contributed by atoms with Crippen molar-refractivity contribution in [3.8, 4) is 0 Å². The average molecular weight is 176 g/mol. The van der Waals surface area contributed by atoms with Gasteiger partial charge in [0.2, 0.25) is 0 Å². The van der Waals surface area contributed by atoms with E-state index in [1.165, 1.54) is 0 Å². The molecular weight excluding hydrogens is 169 g/mol. The molecule has 0 aromatic heterocycles. The fraction of sp³-hybridized carbons (Fsp3) is 0.143. The molecule has 0 aliphatic heterocycles. The molecule has 0 amide bonds. The first-order chi connectivity index (χ1) is 5.54. The van der Waals surface area contributed by atoms with E-state index in [4.69, 9.17) is 11.5 Å². The smallest absolute Gasteiger partial charge is 0.265 e. The van der Waals surface area contributed by atoms with Crippen molar-refractivity contribution < 1.29 is 13.2 Å². The molecule has 0 aliphatic carbocycles. The van der Waals surface area contributed by atoms with Crippen LogP contribution in [0.15, 0.2) is 12.1 Å². The summed E-state index contributed by atoms with van der Waals surface area (Å²) in [6.45, 7) is 0. The zero-order valence-corrected chi connectivity index (χ0v) is 6.02. The standard InChI is InChI=1S/C7H7F3N2/c8-4-2-1-3(7(9)10)5(11)6(4)12/h1-2,7H,11-12H2. The van der Waals surface area contributed by atoms with Crippen LogP contribution in [0.3, 0.4) is 0 Å². The van der Waals surface area contributed by atoms with Crippen LogP contribution < -0.4 is 11.5 Å². The predicted octanol–water partition coefficient (Wildman–Crippen LogP) is 1.93. The number of nitrogens with two attached hydrogens (primary N) is 2. The van der Waals surface area contributed by atoms with Crippen molar-refractivity contribution in [2.24, 2.45) is 0 Å². The van der Waals surface area contributed by atoms with Crippen LogP contribution in [0.1, 0.15) is 12.0 Å². The fourth-order valence-electron chi connectivity index (χ4n) is 0.817. The molecular formula is C7H7F3N2. The van der Waals surface area contributed by atoms with Crippen molar-refractivity contribution in [3.63, 3.8) is 0 Å². The Morgan fingerprint density at radius 1 is 1.08 bits per heavy atom. The Hall–Kier alpha value is -1.39. The van der Waals surface area contributed by atoms with E-state index < -0.39 is 23.5 Å². The minimum atomic E-state index is -2.73. The van der Waals surface area contributed by atoms with E-state index in [9.17, 15) is 13.2 Å². The van der Waals surface area contributed by atoms with E-state index >= 15 is 0 Å². The van der Waals surface area contributed by atoms with E-state index in [-0.39, 0.29) is 5.69 Å². The molecule has 0 atom stereocenters. The van der Waals surface area contributed by atoms with Crippen LogP contribution in [0.2, 0.25) is 0 Å². The minimum absolute atomic E-state index is 0.384. The van der Waals surface area contributed by atoms with Gasteiger partial charge in [0.25, 0.3) is 6.43 Å². The van der Waals surface area contributed by atoms with Gasteiger partial charge in [-0.2, -0.15) is 0 Å². The summed E-state index contributed by atoms with van der Waals surface area (Å²) in [7, 11) is 0. The minimum Gasteiger partial charge on any atom is -0.397 e. The van der Waals surface area contributed by atoms with Crippen molar-refractivity contribution in [2.45, 2.75) is 6.43 Å². The van der Waals surface area contributed by atoms with Gasteiger partial charge in [-0.1, -0.05) is 0 Å². The summed E-state index contributed by atoms with van der Waals surface area (Å²) >= 11 is 0. The normalized spacial score (nSPS) is 10.7. The maximum Gasteiger partial charge on any atom is 0.265 e. The third-order valence-electron chi connectivity index (χ3n) is 1.50. The SMILES string of the molecule is Nc1c(F)ccc(C(F)F)c1N. The van der Waals surface area contributed by atoms with Crippen LogP contribution in [0.25, 0.3) is 0 Å². The second-order valence-electron chi connectivity index (χ2n) is 2.26. The van der Waals surface area contributed by atoms with Gasteiger partial charge >= 0.3 is 0 Å².